The van der Waals surface area contributed by atoms with Crippen LogP contribution in [0.2, 0.25) is 0 Å². The number of benzene rings is 1. The molecule has 0 atom stereocenters. The molecule has 2 rings (SSSR count). The molecule has 0 aromatic heterocycles. The maximum Gasteiger partial charge on any atom is -0.0753 e. The Balaban J connectivity index is 0.000000362. The Morgan fingerprint density at radius 2 is 1.35 bits per heavy atom. The van der Waals surface area contributed by atoms with E-state index in [9.17, 15) is 5.16 Å². The summed E-state index contributed by atoms with van der Waals surface area (Å²) in [4.78, 5) is 0. The van der Waals surface area contributed by atoms with Crippen molar-refractivity contribution < 1.29 is 17.0 Å². The van der Waals surface area contributed by atoms with Gasteiger partial charge in [0.15, 0.2) is 0 Å². The van der Waals surface area contributed by atoms with Gasteiger partial charge in [0.05, 0.1) is 0 Å². The third-order valence-corrected chi connectivity index (χ3v) is 8.99. The minimum Gasteiger partial charge on any atom is -0.172 e. The van der Waals surface area contributed by atoms with E-state index in [1.807, 2.05) is 0 Å². The summed E-state index contributed by atoms with van der Waals surface area (Å²) in [5.74, 6) is 0. The molecule has 5 heteroatoms. The molecule has 0 saturated heterocycles. The van der Waals surface area contributed by atoms with Crippen molar-refractivity contribution in [2.24, 2.45) is 0 Å². The Bertz CT molecular complexity index is 496. The molecule has 0 radical (unpaired) electrons. The second-order valence-electron chi connectivity index (χ2n) is 6.30. The smallest absolute Gasteiger partial charge is 0.0753 e. The number of hydrogen-bond acceptors (Lipinski definition) is 0. The van der Waals surface area contributed by atoms with E-state index in [-0.39, 0.29) is 0 Å². The largest absolute Gasteiger partial charge is 0.172 e. The first-order valence-electron chi connectivity index (χ1n) is 7.89. The Kier molecular flexibility index (Phi) is 12.0. The third-order valence-electron chi connectivity index (χ3n) is 4.03. The molecule has 1 nitrogen and oxygen atoms in total. The van der Waals surface area contributed by atoms with Crippen LogP contribution in [0, 0.1) is 0 Å². The van der Waals surface area contributed by atoms with Crippen LogP contribution in [-0.4, -0.2) is 17.0 Å². The second kappa shape index (κ2) is 11.8. The van der Waals surface area contributed by atoms with Gasteiger partial charge in [-0.2, -0.15) is 24.3 Å². The van der Waals surface area contributed by atoms with Crippen molar-refractivity contribution in [2.75, 3.05) is 0 Å². The molecule has 2 aliphatic carbocycles. The van der Waals surface area contributed by atoms with Gasteiger partial charge in [0, 0.05) is 0 Å². The second-order valence-corrected chi connectivity index (χ2v) is 13.6. The van der Waals surface area contributed by atoms with Crippen LogP contribution in [0.15, 0.2) is 42.5 Å². The molecule has 0 unspecified atom stereocenters. The molecule has 0 fully saturated rings. The molecule has 0 saturated carbocycles. The Morgan fingerprint density at radius 1 is 0.913 bits per heavy atom. The van der Waals surface area contributed by atoms with Crippen molar-refractivity contribution >= 4 is 25.7 Å². The van der Waals surface area contributed by atoms with Crippen molar-refractivity contribution in [1.82, 2.24) is 0 Å². The van der Waals surface area contributed by atoms with Gasteiger partial charge in [0.2, 0.25) is 0 Å². The van der Waals surface area contributed by atoms with Crippen LogP contribution in [-0.2, 0) is 17.0 Å². The van der Waals surface area contributed by atoms with E-state index in [1.165, 1.54) is 11.1 Å². The molecule has 0 heterocycles. The van der Waals surface area contributed by atoms with Crippen molar-refractivity contribution in [3.05, 3.63) is 47.6 Å². The van der Waals surface area contributed by atoms with Crippen LogP contribution < -0.4 is 0 Å². The topological polar surface area (TPSA) is 22.3 Å². The molecule has 130 valence electrons. The zero-order chi connectivity index (χ0) is 18.0. The molecule has 0 aromatic carbocycles. The predicted molar refractivity (Wildman–Crippen MR) is 106 cm³/mol. The maximum atomic E-state index is 10.4. The van der Waals surface area contributed by atoms with E-state index in [1.54, 1.807) is 0 Å². The summed E-state index contributed by atoms with van der Waals surface area (Å²) in [6.45, 7) is 12.8. The fraction of sp³-hybridized carbons (Fsp3) is 0.500. The van der Waals surface area contributed by atoms with Crippen molar-refractivity contribution in [2.45, 2.75) is 58.5 Å². The summed E-state index contributed by atoms with van der Waals surface area (Å²) >= 11 is -0.556. The minimum absolute atomic E-state index is 0.447. The van der Waals surface area contributed by atoms with Gasteiger partial charge in [-0.05, 0) is 17.0 Å². The average Bonchev–Trinajstić information content (AvgIpc) is 2.95. The quantitative estimate of drug-likeness (QED) is 0.280. The number of halogens is 2. The molecule has 0 spiro atoms. The molecule has 2 aliphatic rings. The standard InChI is InChI=1S/C9H21NP.C9H7.2ClH.Ti/c1-7(2)11(10,8(3)4)9(5)6;1-2-5-9-7-3-6-8(9)4-1;;;/h7-9H,1-6H3;1-7H;2*1H;/q2*-1;;;+2/p-2. The SMILES string of the molecule is CC(C)P(=[N-])(C(C)C)C(C)C.[Cl][Ti][Cl].c1cc2cc[cH-]cc-2c1. The summed E-state index contributed by atoms with van der Waals surface area (Å²) in [6.07, 6.45) is 0. The van der Waals surface area contributed by atoms with Crippen molar-refractivity contribution in [3.63, 3.8) is 0 Å². The predicted octanol–water partition coefficient (Wildman–Crippen LogP) is 7.87. The molecule has 0 aromatic rings. The molecule has 0 amide bonds. The molecule has 0 aliphatic heterocycles. The van der Waals surface area contributed by atoms with E-state index < -0.39 is 24.1 Å². The van der Waals surface area contributed by atoms with Crippen LogP contribution in [0.3, 0.4) is 0 Å². The minimum atomic E-state index is -1.69. The average molecular weight is 408 g/mol. The van der Waals surface area contributed by atoms with Gasteiger partial charge < -0.3 is 5.16 Å². The summed E-state index contributed by atoms with van der Waals surface area (Å²) in [7, 11) is 8.09. The van der Waals surface area contributed by atoms with Crippen LogP contribution in [0.5, 0.6) is 0 Å². The molecular weight excluding hydrogens is 380 g/mol. The maximum absolute atomic E-state index is 10.4. The van der Waals surface area contributed by atoms with E-state index in [0.717, 1.165) is 0 Å². The van der Waals surface area contributed by atoms with E-state index in [2.05, 4.69) is 84.0 Å². The van der Waals surface area contributed by atoms with Gasteiger partial charge in [0.1, 0.15) is 0 Å². The fourth-order valence-corrected chi connectivity index (χ4v) is 6.44. The van der Waals surface area contributed by atoms with Gasteiger partial charge in [-0.1, -0.05) is 53.7 Å². The molecule has 0 N–H and O–H groups in total. The van der Waals surface area contributed by atoms with E-state index >= 15 is 0 Å². The third kappa shape index (κ3) is 7.41. The monoisotopic (exact) mass is 407 g/mol. The van der Waals surface area contributed by atoms with E-state index in [0.29, 0.717) is 17.0 Å². The van der Waals surface area contributed by atoms with Gasteiger partial charge in [-0.3, -0.25) is 0 Å². The van der Waals surface area contributed by atoms with Crippen LogP contribution >= 0.6 is 25.7 Å². The van der Waals surface area contributed by atoms with Gasteiger partial charge in [0.25, 0.3) is 0 Å². The summed E-state index contributed by atoms with van der Waals surface area (Å²) in [5, 5.41) is 10.4. The summed E-state index contributed by atoms with van der Waals surface area (Å²) in [6, 6.07) is 14.7. The van der Waals surface area contributed by atoms with Crippen LogP contribution in [0.1, 0.15) is 41.5 Å². The fourth-order valence-electron chi connectivity index (χ4n) is 2.86. The number of rotatable bonds is 3. The van der Waals surface area contributed by atoms with E-state index in [4.69, 9.17) is 18.6 Å². The zero-order valence-electron chi connectivity index (χ0n) is 14.9. The van der Waals surface area contributed by atoms with Gasteiger partial charge in [-0.15, -0.1) is 17.2 Å². The molecular formula is C18H28Cl2NPTi-2. The first kappa shape index (κ1) is 23.4. The number of hydrogen-bond donors (Lipinski definition) is 0. The summed E-state index contributed by atoms with van der Waals surface area (Å²) < 4.78 is 0. The van der Waals surface area contributed by atoms with Crippen LogP contribution in [0.25, 0.3) is 16.3 Å². The first-order chi connectivity index (χ1) is 10.7. The van der Waals surface area contributed by atoms with Gasteiger partial charge in [-0.25, -0.2) is 7.05 Å². The normalized spacial score (nSPS) is 11.1. The van der Waals surface area contributed by atoms with Crippen molar-refractivity contribution in [3.8, 4) is 11.1 Å². The molecule has 23 heavy (non-hydrogen) atoms. The summed E-state index contributed by atoms with van der Waals surface area (Å²) in [5.41, 5.74) is 4.00. The van der Waals surface area contributed by atoms with Crippen LogP contribution in [0.4, 0.5) is 0 Å². The Hall–Kier alpha value is 0.354. The van der Waals surface area contributed by atoms with Gasteiger partial charge >= 0.3 is 35.6 Å². The van der Waals surface area contributed by atoms with Crippen molar-refractivity contribution in [1.29, 1.82) is 0 Å². The first-order valence-corrected chi connectivity index (χ1v) is 14.1. The number of fused-ring (bicyclic) bond motifs is 1. The number of nitrogens with zero attached hydrogens (tertiary/aromatic N) is 1. The Labute approximate surface area is 159 Å². The Morgan fingerprint density at radius 3 is 1.70 bits per heavy atom. The zero-order valence-corrected chi connectivity index (χ0v) is 18.9. The molecule has 0 bridgehead atoms.